The largest absolute Gasteiger partial charge is 0.433 e. The normalized spacial score (nSPS) is 18.1. The van der Waals surface area contributed by atoms with Crippen molar-refractivity contribution in [1.29, 1.82) is 0 Å². The lowest BCUT2D eigenvalue weighted by Gasteiger charge is -2.33. The lowest BCUT2D eigenvalue weighted by molar-refractivity contribution is 0.0272. The Kier molecular flexibility index (Phi) is 7.92. The van der Waals surface area contributed by atoms with Crippen LogP contribution in [0.15, 0.2) is 54.9 Å². The maximum Gasteiger partial charge on any atom is 0.302 e. The second-order valence-electron chi connectivity index (χ2n) is 12.4. The average Bonchev–Trinajstić information content (AvgIpc) is 3.71. The first-order valence-electron chi connectivity index (χ1n) is 15.4. The van der Waals surface area contributed by atoms with Crippen molar-refractivity contribution in [3.05, 3.63) is 88.9 Å². The molecular weight excluding hydrogens is 644 g/mol. The number of nitrogens with one attached hydrogen (secondary N) is 2. The van der Waals surface area contributed by atoms with Crippen molar-refractivity contribution >= 4 is 38.4 Å². The monoisotopic (exact) mass is 677 g/mol. The van der Waals surface area contributed by atoms with E-state index in [0.29, 0.717) is 35.7 Å². The van der Waals surface area contributed by atoms with E-state index in [9.17, 15) is 22.0 Å². The summed E-state index contributed by atoms with van der Waals surface area (Å²) in [5.41, 5.74) is 9.56. The zero-order valence-electron chi connectivity index (χ0n) is 26.3. The molecule has 15 heteroatoms. The van der Waals surface area contributed by atoms with Gasteiger partial charge in [-0.05, 0) is 67.1 Å². The maximum atomic E-state index is 14.1. The van der Waals surface area contributed by atoms with E-state index in [1.54, 1.807) is 19.1 Å². The molecule has 250 valence electrons. The zero-order valence-corrected chi connectivity index (χ0v) is 27.1. The number of hydrogen-bond acceptors (Lipinski definition) is 8. The minimum absolute atomic E-state index is 0.0178. The number of nitrogens with two attached hydrogens (primary N) is 1. The molecule has 2 aromatic carbocycles. The summed E-state index contributed by atoms with van der Waals surface area (Å²) in [6, 6.07) is 9.76. The number of benzene rings is 2. The second kappa shape index (κ2) is 12.0. The van der Waals surface area contributed by atoms with Gasteiger partial charge in [-0.3, -0.25) is 9.52 Å². The summed E-state index contributed by atoms with van der Waals surface area (Å²) in [6.45, 7) is 6.41. The smallest absolute Gasteiger partial charge is 0.302 e. The molecule has 2 saturated heterocycles. The van der Waals surface area contributed by atoms with E-state index in [-0.39, 0.29) is 41.0 Å². The van der Waals surface area contributed by atoms with E-state index in [4.69, 9.17) is 15.2 Å². The number of rotatable bonds is 9. The molecule has 5 aromatic rings. The van der Waals surface area contributed by atoms with Crippen molar-refractivity contribution in [2.24, 2.45) is 0 Å². The van der Waals surface area contributed by atoms with Crippen molar-refractivity contribution in [3.8, 4) is 17.3 Å². The van der Waals surface area contributed by atoms with E-state index in [2.05, 4.69) is 19.8 Å². The quantitative estimate of drug-likeness (QED) is 0.171. The van der Waals surface area contributed by atoms with Gasteiger partial charge in [-0.2, -0.15) is 17.8 Å². The summed E-state index contributed by atoms with van der Waals surface area (Å²) in [4.78, 5) is 21.0. The van der Waals surface area contributed by atoms with Gasteiger partial charge in [0.25, 0.3) is 0 Å². The molecule has 3 aromatic heterocycles. The third kappa shape index (κ3) is 5.56. The first kappa shape index (κ1) is 31.7. The Hall–Kier alpha value is -4.86. The van der Waals surface area contributed by atoms with Gasteiger partial charge in [0.15, 0.2) is 11.6 Å². The number of aryl methyl sites for hydroxylation is 1. The highest BCUT2D eigenvalue weighted by molar-refractivity contribution is 7.90. The van der Waals surface area contributed by atoms with Crippen LogP contribution >= 0.6 is 0 Å². The highest BCUT2D eigenvalue weighted by Gasteiger charge is 2.44. The number of anilines is 2. The Bertz CT molecular complexity index is 2150. The van der Waals surface area contributed by atoms with Gasteiger partial charge in [-0.25, -0.2) is 18.4 Å². The van der Waals surface area contributed by atoms with Crippen LogP contribution in [0.5, 0.6) is 11.6 Å². The van der Waals surface area contributed by atoms with Gasteiger partial charge in [-0.1, -0.05) is 19.9 Å². The molecule has 0 saturated carbocycles. The minimum Gasteiger partial charge on any atom is -0.433 e. The third-order valence-electron chi connectivity index (χ3n) is 8.81. The Balaban J connectivity index is 1.16. The van der Waals surface area contributed by atoms with Gasteiger partial charge in [0, 0.05) is 17.0 Å². The van der Waals surface area contributed by atoms with Crippen molar-refractivity contribution in [3.63, 3.8) is 0 Å². The van der Waals surface area contributed by atoms with Crippen LogP contribution in [0.2, 0.25) is 0 Å². The molecule has 2 bridgehead atoms. The number of halogens is 2. The van der Waals surface area contributed by atoms with Crippen LogP contribution in [-0.4, -0.2) is 63.6 Å². The molecule has 2 fully saturated rings. The van der Waals surface area contributed by atoms with Crippen LogP contribution in [0.25, 0.3) is 16.6 Å². The number of ether oxygens (including phenoxy) is 2. The molecule has 5 heterocycles. The summed E-state index contributed by atoms with van der Waals surface area (Å²) >= 11 is 0. The number of hydrogen-bond donors (Lipinski definition) is 3. The molecule has 2 atom stereocenters. The first-order chi connectivity index (χ1) is 22.9. The van der Waals surface area contributed by atoms with E-state index >= 15 is 0 Å². The number of carbonyl (C=O) groups excluding carboxylic acids is 1. The molecule has 2 aliphatic rings. The Morgan fingerprint density at radius 3 is 2.48 bits per heavy atom. The van der Waals surface area contributed by atoms with Crippen LogP contribution in [0.1, 0.15) is 59.8 Å². The first-order valence-corrected chi connectivity index (χ1v) is 16.9. The highest BCUT2D eigenvalue weighted by Crippen LogP contribution is 2.36. The van der Waals surface area contributed by atoms with E-state index in [0.717, 1.165) is 35.9 Å². The summed E-state index contributed by atoms with van der Waals surface area (Å²) in [5, 5.41) is 5.03. The molecule has 0 spiro atoms. The van der Waals surface area contributed by atoms with E-state index in [1.165, 1.54) is 33.5 Å². The number of pyridine rings is 1. The van der Waals surface area contributed by atoms with Crippen LogP contribution in [0.4, 0.5) is 20.3 Å². The molecule has 48 heavy (non-hydrogen) atoms. The van der Waals surface area contributed by atoms with Gasteiger partial charge >= 0.3 is 10.2 Å². The fraction of sp³-hybridized carbons (Fsp3) is 0.303. The summed E-state index contributed by atoms with van der Waals surface area (Å²) in [7, 11) is -3.86. The van der Waals surface area contributed by atoms with Crippen molar-refractivity contribution in [1.82, 2.24) is 24.1 Å². The second-order valence-corrected chi connectivity index (χ2v) is 13.9. The maximum absolute atomic E-state index is 14.1. The summed E-state index contributed by atoms with van der Waals surface area (Å²) < 4.78 is 71.9. The number of nitrogen functional groups attached to an aromatic ring is 1. The Morgan fingerprint density at radius 2 is 1.81 bits per heavy atom. The molecule has 0 amide bonds. The van der Waals surface area contributed by atoms with Crippen LogP contribution in [0, 0.1) is 18.6 Å². The van der Waals surface area contributed by atoms with E-state index in [1.807, 2.05) is 19.9 Å². The zero-order chi connectivity index (χ0) is 33.9. The molecule has 2 aliphatic heterocycles. The lowest BCUT2D eigenvalue weighted by Crippen LogP contribution is -2.51. The van der Waals surface area contributed by atoms with Gasteiger partial charge in [0.1, 0.15) is 5.82 Å². The van der Waals surface area contributed by atoms with E-state index < -0.39 is 33.4 Å². The number of fused-ring (bicyclic) bond motifs is 3. The fourth-order valence-corrected chi connectivity index (χ4v) is 8.09. The van der Waals surface area contributed by atoms with Crippen molar-refractivity contribution in [2.45, 2.75) is 51.6 Å². The number of ketones is 1. The van der Waals surface area contributed by atoms with Crippen LogP contribution < -0.4 is 15.2 Å². The van der Waals surface area contributed by atoms with Crippen molar-refractivity contribution in [2.75, 3.05) is 23.7 Å². The molecule has 7 rings (SSSR count). The number of morpholine rings is 1. The number of para-hydroxylation sites is 1. The predicted molar refractivity (Wildman–Crippen MR) is 175 cm³/mol. The number of H-pyrrole nitrogens is 1. The van der Waals surface area contributed by atoms with Crippen molar-refractivity contribution < 1.29 is 31.5 Å². The van der Waals surface area contributed by atoms with Gasteiger partial charge in [0.2, 0.25) is 17.4 Å². The SMILES string of the molecule is Cc1cc(Oc2c(F)cccc2F)ncc1-n1ncc(C(=O)c2cc3cc(C(C)C)c(NS(=O)(=O)N4C5CCC4COC5)cc3[nH]2)c1N. The predicted octanol–water partition coefficient (Wildman–Crippen LogP) is 5.58. The summed E-state index contributed by atoms with van der Waals surface area (Å²) in [5.74, 6) is -2.74. The Labute approximate surface area is 275 Å². The van der Waals surface area contributed by atoms with Gasteiger partial charge < -0.3 is 20.2 Å². The third-order valence-corrected chi connectivity index (χ3v) is 10.4. The number of carbonyl (C=O) groups is 1. The molecule has 0 aliphatic carbocycles. The highest BCUT2D eigenvalue weighted by atomic mass is 32.2. The van der Waals surface area contributed by atoms with Gasteiger partial charge in [-0.15, -0.1) is 0 Å². The molecule has 12 nitrogen and oxygen atoms in total. The topological polar surface area (TPSA) is 157 Å². The Morgan fingerprint density at radius 1 is 1.10 bits per heavy atom. The average molecular weight is 678 g/mol. The molecule has 0 radical (unpaired) electrons. The minimum atomic E-state index is -3.86. The molecular formula is C33H33F2N7O5S. The fourth-order valence-electron chi connectivity index (χ4n) is 6.42. The van der Waals surface area contributed by atoms with Gasteiger partial charge in [0.05, 0.1) is 60.3 Å². The van der Waals surface area contributed by atoms with Crippen LogP contribution in [0.3, 0.4) is 0 Å². The standard InChI is InChI=1S/C33H33F2N7O5S/c1-17(2)22-10-19-11-28(39-26(19)12-27(22)40-48(44,45)42-20-7-8-21(42)16-46-15-20)31(43)23-13-38-41(33(23)36)29-14-37-30(9-18(29)3)47-32-24(34)5-4-6-25(32)35/h4-6,9-14,17,20-21,39-40H,7-8,15-16,36H2,1-3H3. The molecule has 2 unspecified atom stereocenters. The summed E-state index contributed by atoms with van der Waals surface area (Å²) in [6.07, 6.45) is 4.24. The van der Waals surface area contributed by atoms with Crippen LogP contribution in [-0.2, 0) is 14.9 Å². The molecule has 4 N–H and O–H groups in total. The lowest BCUT2D eigenvalue weighted by atomic mass is 9.99. The number of aromatic nitrogens is 4. The number of aromatic amines is 1. The number of nitrogens with zero attached hydrogens (tertiary/aromatic N) is 4.